The average Bonchev–Trinajstić information content (AvgIpc) is 2.58. The van der Waals surface area contributed by atoms with E-state index in [1.807, 2.05) is 6.07 Å². The fourth-order valence-corrected chi connectivity index (χ4v) is 4.76. The van der Waals surface area contributed by atoms with Crippen LogP contribution in [-0.4, -0.2) is 33.0 Å². The van der Waals surface area contributed by atoms with Gasteiger partial charge in [-0.15, -0.1) is 11.8 Å². The van der Waals surface area contributed by atoms with Gasteiger partial charge in [0.15, 0.2) is 5.78 Å². The van der Waals surface area contributed by atoms with Gasteiger partial charge in [0.1, 0.15) is 0 Å². The topological polar surface area (TPSA) is 80.5 Å². The smallest absolute Gasteiger partial charge is 0.239 e. The van der Waals surface area contributed by atoms with Crippen LogP contribution in [0.3, 0.4) is 0 Å². The summed E-state index contributed by atoms with van der Waals surface area (Å²) in [5, 5.41) is 5.50. The molecule has 0 aliphatic rings. The van der Waals surface area contributed by atoms with Gasteiger partial charge in [0.05, 0.1) is 15.5 Å². The number of anilines is 1. The van der Waals surface area contributed by atoms with E-state index in [2.05, 4.69) is 25.7 Å². The molecule has 148 valence electrons. The normalized spacial score (nSPS) is 11.6. The zero-order valence-electron chi connectivity index (χ0n) is 16.4. The molecule has 0 radical (unpaired) electrons. The molecule has 0 aliphatic heterocycles. The lowest BCUT2D eigenvalue weighted by molar-refractivity contribution is 0.101. The molecule has 0 aromatic heterocycles. The zero-order chi connectivity index (χ0) is 19.7. The standard InChI is InChI=1S/C19H32N2O3S2/c1-5-8-10-21(11-9-6-2)17-13-16(15(4)22)14-18(26(20,23)24)19(17)25-12-7-3/h13-14H,5-12H2,1-4H3,(H2,20,23,24). The van der Waals surface area contributed by atoms with Gasteiger partial charge in [0, 0.05) is 18.7 Å². The lowest BCUT2D eigenvalue weighted by Crippen LogP contribution is -2.27. The number of sulfonamides is 1. The molecule has 1 aromatic rings. The Balaban J connectivity index is 3.60. The second-order valence-corrected chi connectivity index (χ2v) is 9.10. The lowest BCUT2D eigenvalue weighted by Gasteiger charge is -2.28. The number of carbonyl (C=O) groups excluding carboxylic acids is 1. The van der Waals surface area contributed by atoms with Crippen LogP contribution in [0.15, 0.2) is 21.9 Å². The van der Waals surface area contributed by atoms with Gasteiger partial charge in [-0.05, 0) is 44.1 Å². The van der Waals surface area contributed by atoms with Crippen molar-refractivity contribution in [3.8, 4) is 0 Å². The highest BCUT2D eigenvalue weighted by molar-refractivity contribution is 8.00. The minimum absolute atomic E-state index is 0.0663. The molecule has 26 heavy (non-hydrogen) atoms. The third-order valence-electron chi connectivity index (χ3n) is 4.10. The van der Waals surface area contributed by atoms with E-state index >= 15 is 0 Å². The number of rotatable bonds is 12. The van der Waals surface area contributed by atoms with E-state index < -0.39 is 10.0 Å². The molecule has 2 N–H and O–H groups in total. The summed E-state index contributed by atoms with van der Waals surface area (Å²) in [6.07, 6.45) is 5.04. The molecule has 0 atom stereocenters. The number of hydrogen-bond donors (Lipinski definition) is 1. The predicted octanol–water partition coefficient (Wildman–Crippen LogP) is 4.45. The summed E-state index contributed by atoms with van der Waals surface area (Å²) in [7, 11) is -3.92. The molecule has 7 heteroatoms. The number of nitrogens with zero attached hydrogens (tertiary/aromatic N) is 1. The summed E-state index contributed by atoms with van der Waals surface area (Å²) < 4.78 is 24.5. The molecule has 0 aliphatic carbocycles. The van der Waals surface area contributed by atoms with Crippen LogP contribution in [-0.2, 0) is 10.0 Å². The minimum Gasteiger partial charge on any atom is -0.371 e. The number of carbonyl (C=O) groups is 1. The SMILES string of the molecule is CCCCN(CCCC)c1cc(C(C)=O)cc(S(N)(=O)=O)c1SCCC. The predicted molar refractivity (Wildman–Crippen MR) is 111 cm³/mol. The van der Waals surface area contributed by atoms with E-state index in [9.17, 15) is 13.2 Å². The van der Waals surface area contributed by atoms with E-state index in [4.69, 9.17) is 5.14 Å². The summed E-state index contributed by atoms with van der Waals surface area (Å²) in [5.74, 6) is 0.638. The zero-order valence-corrected chi connectivity index (χ0v) is 18.0. The molecule has 0 amide bonds. The van der Waals surface area contributed by atoms with Crippen molar-refractivity contribution in [2.75, 3.05) is 23.7 Å². The first-order chi connectivity index (χ1) is 12.3. The first-order valence-corrected chi connectivity index (χ1v) is 11.9. The van der Waals surface area contributed by atoms with Crippen molar-refractivity contribution in [3.63, 3.8) is 0 Å². The second kappa shape index (κ2) is 10.9. The second-order valence-electron chi connectivity index (χ2n) is 6.47. The van der Waals surface area contributed by atoms with Crippen LogP contribution in [0.5, 0.6) is 0 Å². The largest absolute Gasteiger partial charge is 0.371 e. The van der Waals surface area contributed by atoms with Crippen LogP contribution < -0.4 is 10.0 Å². The fraction of sp³-hybridized carbons (Fsp3) is 0.632. The van der Waals surface area contributed by atoms with Gasteiger partial charge in [-0.1, -0.05) is 33.6 Å². The van der Waals surface area contributed by atoms with E-state index in [0.717, 1.165) is 56.6 Å². The Morgan fingerprint density at radius 3 is 2.08 bits per heavy atom. The summed E-state index contributed by atoms with van der Waals surface area (Å²) >= 11 is 1.50. The van der Waals surface area contributed by atoms with Crippen molar-refractivity contribution in [1.82, 2.24) is 0 Å². The molecule has 1 rings (SSSR count). The Morgan fingerprint density at radius 1 is 1.08 bits per heavy atom. The summed E-state index contributed by atoms with van der Waals surface area (Å²) in [4.78, 5) is 14.9. The first kappa shape index (κ1) is 23.0. The number of nitrogens with two attached hydrogens (primary N) is 1. The number of benzene rings is 1. The fourth-order valence-electron chi connectivity index (χ4n) is 2.64. The Kier molecular flexibility index (Phi) is 9.68. The molecule has 5 nitrogen and oxygen atoms in total. The third-order valence-corrected chi connectivity index (χ3v) is 6.50. The summed E-state index contributed by atoms with van der Waals surface area (Å²) in [6.45, 7) is 9.44. The third kappa shape index (κ3) is 6.59. The molecule has 1 aromatic carbocycles. The number of thioether (sulfide) groups is 1. The van der Waals surface area contributed by atoms with Crippen LogP contribution in [0, 0.1) is 0 Å². The maximum Gasteiger partial charge on any atom is 0.239 e. The monoisotopic (exact) mass is 400 g/mol. The van der Waals surface area contributed by atoms with Crippen LogP contribution >= 0.6 is 11.8 Å². The number of Topliss-reactive ketones (excluding diaryl/α,β-unsaturated/α-hetero) is 1. The van der Waals surface area contributed by atoms with Crippen molar-refractivity contribution in [1.29, 1.82) is 0 Å². The van der Waals surface area contributed by atoms with Gasteiger partial charge < -0.3 is 4.90 Å². The Hall–Kier alpha value is -1.05. The molecular formula is C19H32N2O3S2. The lowest BCUT2D eigenvalue weighted by atomic mass is 10.1. The summed E-state index contributed by atoms with van der Waals surface area (Å²) in [6, 6.07) is 3.26. The highest BCUT2D eigenvalue weighted by Gasteiger charge is 2.23. The highest BCUT2D eigenvalue weighted by Crippen LogP contribution is 2.38. The van der Waals surface area contributed by atoms with E-state index in [1.165, 1.54) is 24.8 Å². The van der Waals surface area contributed by atoms with Crippen LogP contribution in [0.25, 0.3) is 0 Å². The minimum atomic E-state index is -3.92. The Morgan fingerprint density at radius 2 is 1.65 bits per heavy atom. The van der Waals surface area contributed by atoms with Gasteiger partial charge in [-0.2, -0.15) is 0 Å². The van der Waals surface area contributed by atoms with Crippen molar-refractivity contribution < 1.29 is 13.2 Å². The van der Waals surface area contributed by atoms with Crippen LogP contribution in [0.2, 0.25) is 0 Å². The highest BCUT2D eigenvalue weighted by atomic mass is 32.2. The van der Waals surface area contributed by atoms with E-state index in [-0.39, 0.29) is 10.7 Å². The number of ketones is 1. The van der Waals surface area contributed by atoms with Crippen molar-refractivity contribution in [3.05, 3.63) is 17.7 Å². The van der Waals surface area contributed by atoms with Crippen molar-refractivity contribution in [2.24, 2.45) is 5.14 Å². The molecule has 0 saturated carbocycles. The van der Waals surface area contributed by atoms with Gasteiger partial charge in [0.2, 0.25) is 10.0 Å². The van der Waals surface area contributed by atoms with E-state index in [0.29, 0.717) is 10.5 Å². The molecule has 0 unspecified atom stereocenters. The molecule has 0 heterocycles. The Labute approximate surface area is 162 Å². The summed E-state index contributed by atoms with van der Waals surface area (Å²) in [5.41, 5.74) is 1.21. The molecule has 0 spiro atoms. The molecular weight excluding hydrogens is 368 g/mol. The molecule has 0 saturated heterocycles. The molecule has 0 fully saturated rings. The molecule has 0 bridgehead atoms. The first-order valence-electron chi connectivity index (χ1n) is 9.35. The van der Waals surface area contributed by atoms with Gasteiger partial charge >= 0.3 is 0 Å². The number of unbranched alkanes of at least 4 members (excludes halogenated alkanes) is 2. The quantitative estimate of drug-likeness (QED) is 0.414. The van der Waals surface area contributed by atoms with Crippen molar-refractivity contribution in [2.45, 2.75) is 69.6 Å². The Bertz CT molecular complexity index is 695. The van der Waals surface area contributed by atoms with Crippen LogP contribution in [0.1, 0.15) is 70.2 Å². The maximum absolute atomic E-state index is 12.2. The van der Waals surface area contributed by atoms with Gasteiger partial charge in [-0.3, -0.25) is 4.79 Å². The van der Waals surface area contributed by atoms with Crippen LogP contribution in [0.4, 0.5) is 5.69 Å². The van der Waals surface area contributed by atoms with Gasteiger partial charge in [-0.25, -0.2) is 13.6 Å². The maximum atomic E-state index is 12.2. The van der Waals surface area contributed by atoms with Gasteiger partial charge in [0.25, 0.3) is 0 Å². The van der Waals surface area contributed by atoms with Crippen molar-refractivity contribution >= 4 is 33.3 Å². The number of primary sulfonamides is 1. The average molecular weight is 401 g/mol. The van der Waals surface area contributed by atoms with E-state index in [1.54, 1.807) is 0 Å². The number of hydrogen-bond acceptors (Lipinski definition) is 5.